The number of rotatable bonds is 5. The fraction of sp³-hybridized carbons (Fsp3) is 0.368. The van der Waals surface area contributed by atoms with Gasteiger partial charge in [0.1, 0.15) is 0 Å². The van der Waals surface area contributed by atoms with Crippen LogP contribution in [-0.4, -0.2) is 47.8 Å². The van der Waals surface area contributed by atoms with Crippen LogP contribution in [0.25, 0.3) is 0 Å². The zero-order valence-corrected chi connectivity index (χ0v) is 15.6. The van der Waals surface area contributed by atoms with Crippen LogP contribution in [0.3, 0.4) is 0 Å². The Labute approximate surface area is 157 Å². The molecule has 2 aromatic rings. The molecule has 0 saturated carbocycles. The number of benzene rings is 1. The Morgan fingerprint density at radius 1 is 1.00 bits per heavy atom. The van der Waals surface area contributed by atoms with Crippen LogP contribution >= 0.6 is 22.9 Å². The van der Waals surface area contributed by atoms with Crippen molar-refractivity contribution >= 4 is 34.8 Å². The first-order valence-electron chi connectivity index (χ1n) is 8.48. The monoisotopic (exact) mass is 376 g/mol. The van der Waals surface area contributed by atoms with Gasteiger partial charge in [0, 0.05) is 48.1 Å². The molecule has 1 fully saturated rings. The number of carbonyl (C=O) groups excluding carboxylic acids is 2. The van der Waals surface area contributed by atoms with E-state index in [9.17, 15) is 9.59 Å². The summed E-state index contributed by atoms with van der Waals surface area (Å²) >= 11 is 7.60. The van der Waals surface area contributed by atoms with Gasteiger partial charge in [-0.15, -0.1) is 11.3 Å². The van der Waals surface area contributed by atoms with Crippen LogP contribution in [0.1, 0.15) is 28.1 Å². The standard InChI is InChI=1S/C19H21ClN2O2S/c20-16-8-6-15(7-9-16)19(24)22-12-10-21(11-13-22)18(23)5-1-3-17-4-2-14-25-17/h2,4,6-9,14H,1,3,5,10-13H2. The zero-order chi connectivity index (χ0) is 17.6. The van der Waals surface area contributed by atoms with Crippen molar-refractivity contribution in [2.45, 2.75) is 19.3 Å². The van der Waals surface area contributed by atoms with E-state index in [0.717, 1.165) is 12.8 Å². The van der Waals surface area contributed by atoms with Gasteiger partial charge in [0.25, 0.3) is 5.91 Å². The molecule has 1 saturated heterocycles. The minimum absolute atomic E-state index is 0.00135. The van der Waals surface area contributed by atoms with E-state index in [-0.39, 0.29) is 11.8 Å². The molecule has 132 valence electrons. The fourth-order valence-corrected chi connectivity index (χ4v) is 3.84. The van der Waals surface area contributed by atoms with E-state index in [2.05, 4.69) is 11.4 Å². The molecule has 25 heavy (non-hydrogen) atoms. The third-order valence-corrected chi connectivity index (χ3v) is 5.59. The van der Waals surface area contributed by atoms with Gasteiger partial charge in [-0.05, 0) is 48.6 Å². The average molecular weight is 377 g/mol. The van der Waals surface area contributed by atoms with Crippen molar-refractivity contribution in [1.29, 1.82) is 0 Å². The average Bonchev–Trinajstić information content (AvgIpc) is 3.15. The summed E-state index contributed by atoms with van der Waals surface area (Å²) in [5, 5.41) is 2.68. The quantitative estimate of drug-likeness (QED) is 0.798. The second kappa shape index (κ2) is 8.50. The molecule has 2 amide bonds. The molecule has 0 bridgehead atoms. The number of piperazine rings is 1. The van der Waals surface area contributed by atoms with Gasteiger partial charge in [-0.3, -0.25) is 9.59 Å². The van der Waals surface area contributed by atoms with E-state index >= 15 is 0 Å². The molecule has 0 radical (unpaired) electrons. The van der Waals surface area contributed by atoms with Crippen LogP contribution in [0.4, 0.5) is 0 Å². The first kappa shape index (κ1) is 18.0. The van der Waals surface area contributed by atoms with E-state index in [4.69, 9.17) is 11.6 Å². The van der Waals surface area contributed by atoms with Gasteiger partial charge in [-0.1, -0.05) is 17.7 Å². The summed E-state index contributed by atoms with van der Waals surface area (Å²) in [6.07, 6.45) is 2.41. The Hall–Kier alpha value is -1.85. The van der Waals surface area contributed by atoms with E-state index < -0.39 is 0 Å². The number of aryl methyl sites for hydroxylation is 1. The topological polar surface area (TPSA) is 40.6 Å². The molecule has 0 aliphatic carbocycles. The lowest BCUT2D eigenvalue weighted by Gasteiger charge is -2.35. The maximum atomic E-state index is 12.5. The van der Waals surface area contributed by atoms with E-state index in [1.165, 1.54) is 4.88 Å². The maximum absolute atomic E-state index is 12.5. The predicted octanol–water partition coefficient (Wildman–Crippen LogP) is 3.71. The highest BCUT2D eigenvalue weighted by Crippen LogP contribution is 2.15. The van der Waals surface area contributed by atoms with Crippen LogP contribution < -0.4 is 0 Å². The fourth-order valence-electron chi connectivity index (χ4n) is 2.96. The molecule has 1 aromatic carbocycles. The van der Waals surface area contributed by atoms with Crippen molar-refractivity contribution in [1.82, 2.24) is 9.80 Å². The van der Waals surface area contributed by atoms with Crippen molar-refractivity contribution in [3.63, 3.8) is 0 Å². The van der Waals surface area contributed by atoms with Gasteiger partial charge in [0.15, 0.2) is 0 Å². The van der Waals surface area contributed by atoms with Gasteiger partial charge in [-0.25, -0.2) is 0 Å². The largest absolute Gasteiger partial charge is 0.339 e. The number of carbonyl (C=O) groups is 2. The summed E-state index contributed by atoms with van der Waals surface area (Å²) < 4.78 is 0. The van der Waals surface area contributed by atoms with E-state index in [1.54, 1.807) is 40.5 Å². The first-order chi connectivity index (χ1) is 12.1. The van der Waals surface area contributed by atoms with E-state index in [0.29, 0.717) is 43.2 Å². The minimum atomic E-state index is 0.00135. The zero-order valence-electron chi connectivity index (χ0n) is 14.0. The number of halogens is 1. The highest BCUT2D eigenvalue weighted by atomic mass is 35.5. The molecular weight excluding hydrogens is 356 g/mol. The molecule has 0 spiro atoms. The molecule has 0 N–H and O–H groups in total. The third-order valence-electron chi connectivity index (χ3n) is 4.40. The molecule has 1 aliphatic heterocycles. The number of amides is 2. The maximum Gasteiger partial charge on any atom is 0.253 e. The highest BCUT2D eigenvalue weighted by molar-refractivity contribution is 7.09. The molecule has 0 unspecified atom stereocenters. The van der Waals surface area contributed by atoms with Gasteiger partial charge in [-0.2, -0.15) is 0 Å². The summed E-state index contributed by atoms with van der Waals surface area (Å²) in [5.41, 5.74) is 0.639. The molecule has 2 heterocycles. The van der Waals surface area contributed by atoms with Gasteiger partial charge in [0.2, 0.25) is 5.91 Å². The summed E-state index contributed by atoms with van der Waals surface area (Å²) in [4.78, 5) is 29.8. The summed E-state index contributed by atoms with van der Waals surface area (Å²) in [6, 6.07) is 11.1. The Bertz CT molecular complexity index is 708. The summed E-state index contributed by atoms with van der Waals surface area (Å²) in [6.45, 7) is 2.38. The van der Waals surface area contributed by atoms with Crippen molar-refractivity contribution in [2.24, 2.45) is 0 Å². The molecule has 4 nitrogen and oxygen atoms in total. The molecule has 3 rings (SSSR count). The Morgan fingerprint density at radius 3 is 2.32 bits per heavy atom. The van der Waals surface area contributed by atoms with Crippen LogP contribution in [0, 0.1) is 0 Å². The molecule has 6 heteroatoms. The highest BCUT2D eigenvalue weighted by Gasteiger charge is 2.24. The van der Waals surface area contributed by atoms with Crippen molar-refractivity contribution < 1.29 is 9.59 Å². The third kappa shape index (κ3) is 4.83. The van der Waals surface area contributed by atoms with E-state index in [1.807, 2.05) is 11.0 Å². The lowest BCUT2D eigenvalue weighted by molar-refractivity contribution is -0.132. The predicted molar refractivity (Wildman–Crippen MR) is 101 cm³/mol. The summed E-state index contributed by atoms with van der Waals surface area (Å²) in [7, 11) is 0. The first-order valence-corrected chi connectivity index (χ1v) is 9.74. The lowest BCUT2D eigenvalue weighted by Crippen LogP contribution is -2.50. The molecule has 0 atom stereocenters. The van der Waals surface area contributed by atoms with Gasteiger partial charge >= 0.3 is 0 Å². The second-order valence-electron chi connectivity index (χ2n) is 6.11. The normalized spacial score (nSPS) is 14.6. The number of hydrogen-bond acceptors (Lipinski definition) is 3. The number of thiophene rings is 1. The SMILES string of the molecule is O=C(CCCc1cccs1)N1CCN(C(=O)c2ccc(Cl)cc2)CC1. The summed E-state index contributed by atoms with van der Waals surface area (Å²) in [5.74, 6) is 0.191. The van der Waals surface area contributed by atoms with Gasteiger partial charge < -0.3 is 9.80 Å². The second-order valence-corrected chi connectivity index (χ2v) is 7.58. The minimum Gasteiger partial charge on any atom is -0.339 e. The number of hydrogen-bond donors (Lipinski definition) is 0. The van der Waals surface area contributed by atoms with Crippen molar-refractivity contribution in [3.05, 3.63) is 57.2 Å². The molecule has 1 aliphatic rings. The van der Waals surface area contributed by atoms with Crippen molar-refractivity contribution in [2.75, 3.05) is 26.2 Å². The molecular formula is C19H21ClN2O2S. The van der Waals surface area contributed by atoms with Crippen molar-refractivity contribution in [3.8, 4) is 0 Å². The van der Waals surface area contributed by atoms with Gasteiger partial charge in [0.05, 0.1) is 0 Å². The Balaban J connectivity index is 1.43. The van der Waals surface area contributed by atoms with Crippen LogP contribution in [0.15, 0.2) is 41.8 Å². The van der Waals surface area contributed by atoms with Crippen LogP contribution in [0.2, 0.25) is 5.02 Å². The lowest BCUT2D eigenvalue weighted by atomic mass is 10.1. The Morgan fingerprint density at radius 2 is 1.68 bits per heavy atom. The van der Waals surface area contributed by atoms with Crippen LogP contribution in [0.5, 0.6) is 0 Å². The Kier molecular flexibility index (Phi) is 6.10. The van der Waals surface area contributed by atoms with Crippen LogP contribution in [-0.2, 0) is 11.2 Å². The molecule has 1 aromatic heterocycles. The smallest absolute Gasteiger partial charge is 0.253 e. The number of nitrogens with zero attached hydrogens (tertiary/aromatic N) is 2.